The number of hydrogen-bond acceptors (Lipinski definition) is 2. The quantitative estimate of drug-likeness (QED) is 0.906. The molecule has 2 amide bonds. The van der Waals surface area contributed by atoms with Gasteiger partial charge in [-0.15, -0.1) is 0 Å². The first kappa shape index (κ1) is 13.2. The van der Waals surface area contributed by atoms with Crippen LogP contribution in [-0.4, -0.2) is 29.8 Å². The minimum atomic E-state index is -0.930. The highest BCUT2D eigenvalue weighted by molar-refractivity contribution is 5.98. The largest absolute Gasteiger partial charge is 0.337 e. The van der Waals surface area contributed by atoms with Crippen molar-refractivity contribution in [3.8, 4) is 0 Å². The average Bonchev–Trinajstić information content (AvgIpc) is 3.26. The Morgan fingerprint density at radius 2 is 1.95 bits per heavy atom. The van der Waals surface area contributed by atoms with Crippen LogP contribution in [-0.2, 0) is 15.1 Å². The minimum absolute atomic E-state index is 0.00366. The van der Waals surface area contributed by atoms with Crippen LogP contribution in [0, 0.1) is 5.92 Å². The second-order valence-corrected chi connectivity index (χ2v) is 6.00. The van der Waals surface area contributed by atoms with Gasteiger partial charge in [-0.05, 0) is 24.8 Å². The van der Waals surface area contributed by atoms with E-state index in [0.29, 0.717) is 6.54 Å². The number of amides is 2. The zero-order valence-electron chi connectivity index (χ0n) is 11.8. The predicted molar refractivity (Wildman–Crippen MR) is 75.9 cm³/mol. The maximum Gasteiger partial charge on any atom is 0.253 e. The lowest BCUT2D eigenvalue weighted by molar-refractivity contribution is -0.149. The van der Waals surface area contributed by atoms with Crippen molar-refractivity contribution in [3.05, 3.63) is 35.9 Å². The van der Waals surface area contributed by atoms with Gasteiger partial charge >= 0.3 is 0 Å². The fraction of sp³-hybridized carbons (Fsp3) is 0.500. The highest BCUT2D eigenvalue weighted by Crippen LogP contribution is 2.33. The highest BCUT2D eigenvalue weighted by atomic mass is 16.2. The van der Waals surface area contributed by atoms with Gasteiger partial charge in [-0.1, -0.05) is 43.2 Å². The van der Waals surface area contributed by atoms with E-state index in [2.05, 4.69) is 5.32 Å². The Morgan fingerprint density at radius 3 is 2.60 bits per heavy atom. The molecule has 1 saturated carbocycles. The summed E-state index contributed by atoms with van der Waals surface area (Å²) in [6.45, 7) is 2.68. The van der Waals surface area contributed by atoms with E-state index in [4.69, 9.17) is 0 Å². The highest BCUT2D eigenvalue weighted by Gasteiger charge is 2.44. The summed E-state index contributed by atoms with van der Waals surface area (Å²) >= 11 is 0. The summed E-state index contributed by atoms with van der Waals surface area (Å²) in [6, 6.07) is 9.48. The molecule has 1 saturated heterocycles. The monoisotopic (exact) mass is 272 g/mol. The lowest BCUT2D eigenvalue weighted by atomic mass is 9.88. The number of carbonyl (C=O) groups is 2. The fourth-order valence-electron chi connectivity index (χ4n) is 2.83. The summed E-state index contributed by atoms with van der Waals surface area (Å²) in [7, 11) is 0. The molecule has 0 radical (unpaired) electrons. The molecule has 1 aromatic carbocycles. The minimum Gasteiger partial charge on any atom is -0.337 e. The zero-order chi connectivity index (χ0) is 14.2. The van der Waals surface area contributed by atoms with Crippen molar-refractivity contribution >= 4 is 11.8 Å². The van der Waals surface area contributed by atoms with Crippen LogP contribution >= 0.6 is 0 Å². The molecular weight excluding hydrogens is 252 g/mol. The van der Waals surface area contributed by atoms with E-state index in [1.165, 1.54) is 12.8 Å². The van der Waals surface area contributed by atoms with Crippen molar-refractivity contribution in [2.75, 3.05) is 13.1 Å². The number of benzene rings is 1. The van der Waals surface area contributed by atoms with Crippen LogP contribution in [0.1, 0.15) is 31.7 Å². The summed E-state index contributed by atoms with van der Waals surface area (Å²) in [5.74, 6) is 0.687. The Kier molecular flexibility index (Phi) is 3.24. The van der Waals surface area contributed by atoms with Crippen molar-refractivity contribution < 1.29 is 9.59 Å². The molecule has 20 heavy (non-hydrogen) atoms. The van der Waals surface area contributed by atoms with Gasteiger partial charge in [0.1, 0.15) is 5.54 Å². The summed E-state index contributed by atoms with van der Waals surface area (Å²) in [5.41, 5.74) is -0.0883. The molecule has 1 heterocycles. The van der Waals surface area contributed by atoms with Crippen molar-refractivity contribution in [1.29, 1.82) is 0 Å². The molecule has 2 fully saturated rings. The van der Waals surface area contributed by atoms with Gasteiger partial charge in [-0.2, -0.15) is 0 Å². The number of nitrogens with zero attached hydrogens (tertiary/aromatic N) is 1. The van der Waals surface area contributed by atoms with E-state index in [1.807, 2.05) is 30.3 Å². The third-order valence-corrected chi connectivity index (χ3v) is 4.29. The molecule has 3 rings (SSSR count). The third kappa shape index (κ3) is 2.42. The topological polar surface area (TPSA) is 49.4 Å². The molecule has 0 spiro atoms. The number of rotatable bonds is 4. The molecule has 1 N–H and O–H groups in total. The van der Waals surface area contributed by atoms with Crippen molar-refractivity contribution in [1.82, 2.24) is 10.2 Å². The van der Waals surface area contributed by atoms with Gasteiger partial charge in [-0.25, -0.2) is 0 Å². The van der Waals surface area contributed by atoms with Crippen LogP contribution < -0.4 is 5.32 Å². The first-order valence-electron chi connectivity index (χ1n) is 7.25. The first-order chi connectivity index (χ1) is 9.59. The number of hydrogen-bond donors (Lipinski definition) is 1. The molecule has 2 aliphatic rings. The van der Waals surface area contributed by atoms with E-state index in [1.54, 1.807) is 11.8 Å². The van der Waals surface area contributed by atoms with Crippen LogP contribution in [0.15, 0.2) is 30.3 Å². The first-order valence-corrected chi connectivity index (χ1v) is 7.25. The Labute approximate surface area is 119 Å². The Morgan fingerprint density at radius 1 is 1.25 bits per heavy atom. The molecule has 106 valence electrons. The molecule has 0 bridgehead atoms. The smallest absolute Gasteiger partial charge is 0.253 e. The van der Waals surface area contributed by atoms with E-state index >= 15 is 0 Å². The molecule has 1 aliphatic carbocycles. The van der Waals surface area contributed by atoms with E-state index in [-0.39, 0.29) is 18.4 Å². The fourth-order valence-corrected chi connectivity index (χ4v) is 2.83. The zero-order valence-corrected chi connectivity index (χ0v) is 11.8. The van der Waals surface area contributed by atoms with E-state index in [9.17, 15) is 9.59 Å². The summed E-state index contributed by atoms with van der Waals surface area (Å²) in [6.07, 6.45) is 3.55. The SMILES string of the molecule is CC1(c2ccccc2)NC(=O)CN(CCC2CC2)C1=O. The van der Waals surface area contributed by atoms with Crippen molar-refractivity contribution in [2.24, 2.45) is 5.92 Å². The van der Waals surface area contributed by atoms with Crippen LogP contribution in [0.4, 0.5) is 0 Å². The van der Waals surface area contributed by atoms with Crippen LogP contribution in [0.5, 0.6) is 0 Å². The van der Waals surface area contributed by atoms with Gasteiger partial charge in [0.2, 0.25) is 5.91 Å². The molecule has 1 aromatic rings. The maximum atomic E-state index is 12.7. The molecular formula is C16H20N2O2. The third-order valence-electron chi connectivity index (χ3n) is 4.29. The van der Waals surface area contributed by atoms with Crippen LogP contribution in [0.2, 0.25) is 0 Å². The molecule has 1 atom stereocenters. The average molecular weight is 272 g/mol. The number of piperazine rings is 1. The van der Waals surface area contributed by atoms with Crippen molar-refractivity contribution in [2.45, 2.75) is 31.7 Å². The number of nitrogens with one attached hydrogen (secondary N) is 1. The van der Waals surface area contributed by atoms with Gasteiger partial charge in [0.25, 0.3) is 5.91 Å². The van der Waals surface area contributed by atoms with E-state index < -0.39 is 5.54 Å². The summed E-state index contributed by atoms with van der Waals surface area (Å²) in [4.78, 5) is 26.4. The second kappa shape index (κ2) is 4.93. The van der Waals surface area contributed by atoms with Crippen LogP contribution in [0.3, 0.4) is 0 Å². The van der Waals surface area contributed by atoms with Crippen LogP contribution in [0.25, 0.3) is 0 Å². The Hall–Kier alpha value is -1.84. The van der Waals surface area contributed by atoms with Crippen molar-refractivity contribution in [3.63, 3.8) is 0 Å². The summed E-state index contributed by atoms with van der Waals surface area (Å²) in [5, 5.41) is 2.86. The second-order valence-electron chi connectivity index (χ2n) is 6.00. The van der Waals surface area contributed by atoms with Gasteiger partial charge in [0.15, 0.2) is 0 Å². The molecule has 1 unspecified atom stereocenters. The Bertz CT molecular complexity index is 525. The summed E-state index contributed by atoms with van der Waals surface area (Å²) < 4.78 is 0. The van der Waals surface area contributed by atoms with Gasteiger partial charge in [0.05, 0.1) is 6.54 Å². The standard InChI is InChI=1S/C16H20N2O2/c1-16(13-5-3-2-4-6-13)15(20)18(11-14(19)17-16)10-9-12-7-8-12/h2-6,12H,7-11H2,1H3,(H,17,19). The lowest BCUT2D eigenvalue weighted by Gasteiger charge is -2.40. The molecule has 4 heteroatoms. The van der Waals surface area contributed by atoms with Gasteiger partial charge in [-0.3, -0.25) is 9.59 Å². The molecule has 0 aromatic heterocycles. The molecule has 4 nitrogen and oxygen atoms in total. The van der Waals surface area contributed by atoms with Gasteiger partial charge < -0.3 is 10.2 Å². The van der Waals surface area contributed by atoms with E-state index in [0.717, 1.165) is 17.9 Å². The molecule has 1 aliphatic heterocycles. The lowest BCUT2D eigenvalue weighted by Crippen LogP contribution is -2.63. The Balaban J connectivity index is 1.82. The van der Waals surface area contributed by atoms with Gasteiger partial charge in [0, 0.05) is 6.54 Å². The predicted octanol–water partition coefficient (Wildman–Crippen LogP) is 1.66. The maximum absolute atomic E-state index is 12.7. The number of carbonyl (C=O) groups excluding carboxylic acids is 2. The normalized spacial score (nSPS) is 26.6.